The van der Waals surface area contributed by atoms with Crippen molar-refractivity contribution < 1.29 is 29.1 Å². The number of aliphatic hydroxyl groups is 1. The molecule has 5 N–H and O–H groups in total. The highest BCUT2D eigenvalue weighted by Gasteiger charge is 2.50. The van der Waals surface area contributed by atoms with Crippen molar-refractivity contribution in [1.82, 2.24) is 26.2 Å². The molecule has 0 unspecified atom stereocenters. The van der Waals surface area contributed by atoms with Gasteiger partial charge in [0, 0.05) is 17.8 Å². The number of carbonyl (C=O) groups is 5. The van der Waals surface area contributed by atoms with E-state index >= 15 is 0 Å². The maximum atomic E-state index is 14.1. The van der Waals surface area contributed by atoms with Gasteiger partial charge in [0.05, 0.1) is 11.9 Å². The summed E-state index contributed by atoms with van der Waals surface area (Å²) in [5, 5.41) is 22.5. The topological polar surface area (TPSA) is 157 Å². The summed E-state index contributed by atoms with van der Waals surface area (Å²) in [6.45, 7) is 11.5. The summed E-state index contributed by atoms with van der Waals surface area (Å²) in [5.74, 6) is -3.87. The molecule has 5 amide bonds. The largest absolute Gasteiger partial charge is 0.381 e. The monoisotopic (exact) mass is 715 g/mol. The Balaban J connectivity index is 1.49. The Morgan fingerprint density at radius 1 is 0.824 bits per heavy atom. The average Bonchev–Trinajstić information content (AvgIpc) is 3.43. The molecular formula is C39H49N5O6S. The van der Waals surface area contributed by atoms with Gasteiger partial charge in [-0.05, 0) is 62.3 Å². The molecule has 1 aliphatic rings. The summed E-state index contributed by atoms with van der Waals surface area (Å²) in [6.07, 6.45) is -1.64. The Morgan fingerprint density at radius 2 is 1.47 bits per heavy atom. The van der Waals surface area contributed by atoms with Gasteiger partial charge in [-0.3, -0.25) is 24.0 Å². The van der Waals surface area contributed by atoms with Crippen molar-refractivity contribution in [3.8, 4) is 0 Å². The third kappa shape index (κ3) is 10.4. The molecule has 1 fully saturated rings. The zero-order valence-electron chi connectivity index (χ0n) is 30.1. The van der Waals surface area contributed by atoms with E-state index in [0.717, 1.165) is 27.8 Å². The second kappa shape index (κ2) is 17.5. The number of carbonyl (C=O) groups excluding carboxylic acids is 5. The maximum Gasteiger partial charge on any atom is 0.309 e. The Morgan fingerprint density at radius 3 is 2.12 bits per heavy atom. The van der Waals surface area contributed by atoms with Crippen molar-refractivity contribution in [3.63, 3.8) is 0 Å². The molecule has 0 spiro atoms. The molecule has 1 saturated heterocycles. The second-order valence-corrected chi connectivity index (χ2v) is 15.4. The summed E-state index contributed by atoms with van der Waals surface area (Å²) in [7, 11) is 0. The number of benzene rings is 3. The van der Waals surface area contributed by atoms with Crippen LogP contribution in [0.4, 0.5) is 0 Å². The summed E-state index contributed by atoms with van der Waals surface area (Å²) in [6, 6.07) is 21.1. The van der Waals surface area contributed by atoms with Crippen LogP contribution in [-0.2, 0) is 43.5 Å². The zero-order valence-corrected chi connectivity index (χ0v) is 30.9. The van der Waals surface area contributed by atoms with Gasteiger partial charge >= 0.3 is 11.8 Å². The van der Waals surface area contributed by atoms with E-state index in [-0.39, 0.29) is 31.3 Å². The average molecular weight is 716 g/mol. The fourth-order valence-corrected chi connectivity index (χ4v) is 7.07. The Kier molecular flexibility index (Phi) is 13.4. The number of aliphatic hydroxyl groups excluding tert-OH is 1. The van der Waals surface area contributed by atoms with Gasteiger partial charge in [-0.2, -0.15) is 0 Å². The van der Waals surface area contributed by atoms with Gasteiger partial charge < -0.3 is 31.3 Å². The van der Waals surface area contributed by atoms with Crippen LogP contribution in [0.3, 0.4) is 0 Å². The van der Waals surface area contributed by atoms with Gasteiger partial charge in [-0.1, -0.05) is 98.3 Å². The first kappa shape index (κ1) is 39.1. The number of rotatable bonds is 13. The summed E-state index contributed by atoms with van der Waals surface area (Å²) in [5.41, 5.74) is 4.60. The lowest BCUT2D eigenvalue weighted by atomic mass is 9.96. The van der Waals surface area contributed by atoms with Crippen molar-refractivity contribution in [2.75, 3.05) is 5.88 Å². The minimum Gasteiger partial charge on any atom is -0.381 e. The zero-order chi connectivity index (χ0) is 37.3. The molecule has 11 nitrogen and oxygen atoms in total. The van der Waals surface area contributed by atoms with Crippen LogP contribution in [0, 0.1) is 19.8 Å². The predicted molar refractivity (Wildman–Crippen MR) is 198 cm³/mol. The first-order chi connectivity index (χ1) is 24.2. The molecule has 0 aliphatic carbocycles. The number of hydrogen-bond acceptors (Lipinski definition) is 7. The highest BCUT2D eigenvalue weighted by Crippen LogP contribution is 2.40. The molecule has 4 rings (SSSR count). The molecule has 1 aliphatic heterocycles. The number of thioether (sulfide) groups is 1. The van der Waals surface area contributed by atoms with Crippen LogP contribution in [0.5, 0.6) is 0 Å². The molecule has 3 aromatic carbocycles. The van der Waals surface area contributed by atoms with Gasteiger partial charge in [-0.15, -0.1) is 11.8 Å². The minimum absolute atomic E-state index is 0.0871. The number of nitrogens with zero attached hydrogens (tertiary/aromatic N) is 1. The standard InChI is InChI=1S/C39H49N5O6S/c1-24(2)31(43-37(49)36(48)40-21-28-18-16-25(3)17-19-28)34(46)42-30(20-27-13-8-7-9-14-27)32(45)38(50)44-23-51-39(5,6)33(44)35(47)41-22-29-15-11-10-12-26(29)4/h7-19,24,30-33,45H,20-23H2,1-6H3,(H,40,48)(H,41,47)(H,42,46)(H,43,49)/t30-,31-,32-,33+/m0/s1. The van der Waals surface area contributed by atoms with Crippen LogP contribution in [0.2, 0.25) is 0 Å². The molecule has 4 atom stereocenters. The van der Waals surface area contributed by atoms with E-state index in [2.05, 4.69) is 21.3 Å². The molecule has 272 valence electrons. The Hall–Kier alpha value is -4.68. The van der Waals surface area contributed by atoms with E-state index in [1.165, 1.54) is 16.7 Å². The summed E-state index contributed by atoms with van der Waals surface area (Å²) in [4.78, 5) is 68.4. The van der Waals surface area contributed by atoms with E-state index in [0.29, 0.717) is 0 Å². The third-order valence-electron chi connectivity index (χ3n) is 9.07. The lowest BCUT2D eigenvalue weighted by Gasteiger charge is -2.34. The molecule has 1 heterocycles. The van der Waals surface area contributed by atoms with Gasteiger partial charge in [0.25, 0.3) is 5.91 Å². The van der Waals surface area contributed by atoms with E-state index in [1.807, 2.05) is 107 Å². The summed E-state index contributed by atoms with van der Waals surface area (Å²) < 4.78 is -0.656. The lowest BCUT2D eigenvalue weighted by Crippen LogP contribution is -2.61. The van der Waals surface area contributed by atoms with Crippen LogP contribution in [0.25, 0.3) is 0 Å². The first-order valence-electron chi connectivity index (χ1n) is 17.1. The first-order valence-corrected chi connectivity index (χ1v) is 18.1. The van der Waals surface area contributed by atoms with Crippen molar-refractivity contribution in [1.29, 1.82) is 0 Å². The molecular weight excluding hydrogens is 667 g/mol. The van der Waals surface area contributed by atoms with Crippen molar-refractivity contribution in [2.45, 2.75) is 90.0 Å². The third-order valence-corrected chi connectivity index (χ3v) is 10.4. The van der Waals surface area contributed by atoms with E-state index in [4.69, 9.17) is 0 Å². The van der Waals surface area contributed by atoms with Crippen molar-refractivity contribution >= 4 is 41.3 Å². The Bertz CT molecular complexity index is 1700. The second-order valence-electron chi connectivity index (χ2n) is 13.8. The maximum absolute atomic E-state index is 14.1. The Labute approximate surface area is 304 Å². The highest BCUT2D eigenvalue weighted by atomic mass is 32.2. The van der Waals surface area contributed by atoms with Crippen LogP contribution in [-0.4, -0.2) is 74.4 Å². The van der Waals surface area contributed by atoms with Gasteiger partial charge in [0.1, 0.15) is 12.1 Å². The molecule has 0 saturated carbocycles. The number of amides is 5. The fraction of sp³-hybridized carbons (Fsp3) is 0.410. The van der Waals surface area contributed by atoms with E-state index < -0.39 is 58.5 Å². The molecule has 0 aromatic heterocycles. The van der Waals surface area contributed by atoms with Gasteiger partial charge in [-0.25, -0.2) is 0 Å². The van der Waals surface area contributed by atoms with Crippen LogP contribution in [0.15, 0.2) is 78.9 Å². The smallest absolute Gasteiger partial charge is 0.309 e. The van der Waals surface area contributed by atoms with E-state index in [1.54, 1.807) is 13.8 Å². The normalized spacial score (nSPS) is 16.9. The molecule has 12 heteroatoms. The summed E-state index contributed by atoms with van der Waals surface area (Å²) >= 11 is 1.43. The highest BCUT2D eigenvalue weighted by molar-refractivity contribution is 8.00. The quantitative estimate of drug-likeness (QED) is 0.170. The SMILES string of the molecule is Cc1ccc(CNC(=O)C(=O)N[C@H](C(=O)N[C@@H](Cc2ccccc2)[C@H](O)C(=O)N2CSC(C)(C)[C@H]2C(=O)NCc2ccccc2C)C(C)C)cc1. The van der Waals surface area contributed by atoms with Crippen LogP contribution in [0.1, 0.15) is 55.5 Å². The van der Waals surface area contributed by atoms with Crippen LogP contribution >= 0.6 is 11.8 Å². The molecule has 0 bridgehead atoms. The van der Waals surface area contributed by atoms with E-state index in [9.17, 15) is 29.1 Å². The number of hydrogen-bond donors (Lipinski definition) is 5. The van der Waals surface area contributed by atoms with Crippen LogP contribution < -0.4 is 21.3 Å². The minimum atomic E-state index is -1.73. The number of nitrogens with one attached hydrogen (secondary N) is 4. The van der Waals surface area contributed by atoms with Crippen molar-refractivity contribution in [3.05, 3.63) is 107 Å². The molecule has 3 aromatic rings. The number of aryl methyl sites for hydroxylation is 2. The fourth-order valence-electron chi connectivity index (χ4n) is 5.93. The lowest BCUT2D eigenvalue weighted by molar-refractivity contribution is -0.148. The molecule has 51 heavy (non-hydrogen) atoms. The van der Waals surface area contributed by atoms with Gasteiger partial charge in [0.2, 0.25) is 11.8 Å². The predicted octanol–water partition coefficient (Wildman–Crippen LogP) is 3.15. The van der Waals surface area contributed by atoms with Crippen molar-refractivity contribution in [2.24, 2.45) is 5.92 Å². The van der Waals surface area contributed by atoms with Gasteiger partial charge in [0.15, 0.2) is 6.10 Å². The molecule has 0 radical (unpaired) electrons.